The van der Waals surface area contributed by atoms with Gasteiger partial charge >= 0.3 is 6.18 Å². The van der Waals surface area contributed by atoms with E-state index in [1.54, 1.807) is 24.4 Å². The number of halogens is 3. The van der Waals surface area contributed by atoms with Gasteiger partial charge in [-0.05, 0) is 12.1 Å². The molecule has 0 fully saturated rings. The number of aromatic nitrogens is 4. The molecular formula is C11H6F3N5S2. The molecule has 108 valence electrons. The van der Waals surface area contributed by atoms with Crippen molar-refractivity contribution in [1.29, 1.82) is 0 Å². The molecule has 1 N–H and O–H groups in total. The summed E-state index contributed by atoms with van der Waals surface area (Å²) in [6.45, 7) is 0. The number of anilines is 2. The Morgan fingerprint density at radius 1 is 1.14 bits per heavy atom. The summed E-state index contributed by atoms with van der Waals surface area (Å²) >= 11 is 1.85. The van der Waals surface area contributed by atoms with Crippen LogP contribution >= 0.6 is 22.7 Å². The van der Waals surface area contributed by atoms with Crippen LogP contribution < -0.4 is 5.32 Å². The monoisotopic (exact) mass is 329 g/mol. The van der Waals surface area contributed by atoms with E-state index in [1.165, 1.54) is 11.3 Å². The molecule has 0 saturated carbocycles. The topological polar surface area (TPSA) is 63.6 Å². The van der Waals surface area contributed by atoms with Crippen LogP contribution in [0.25, 0.3) is 10.7 Å². The Bertz CT molecular complexity index is 738. The molecule has 0 spiro atoms. The predicted octanol–water partition coefficient (Wildman–Crippen LogP) is 3.82. The van der Waals surface area contributed by atoms with E-state index in [-0.39, 0.29) is 5.13 Å². The molecule has 0 aliphatic heterocycles. The molecule has 3 rings (SSSR count). The van der Waals surface area contributed by atoms with Gasteiger partial charge in [0.15, 0.2) is 0 Å². The number of hydrogen-bond donors (Lipinski definition) is 1. The molecular weight excluding hydrogens is 323 g/mol. The zero-order valence-electron chi connectivity index (χ0n) is 10.1. The summed E-state index contributed by atoms with van der Waals surface area (Å²) in [5.74, 6) is 0.382. The number of thiazole rings is 1. The maximum atomic E-state index is 12.4. The van der Waals surface area contributed by atoms with E-state index in [0.717, 1.165) is 5.01 Å². The molecule has 3 aromatic heterocycles. The Morgan fingerprint density at radius 2 is 2.00 bits per heavy atom. The summed E-state index contributed by atoms with van der Waals surface area (Å²) in [6.07, 6.45) is -2.84. The van der Waals surface area contributed by atoms with E-state index in [4.69, 9.17) is 0 Å². The second kappa shape index (κ2) is 5.37. The Kier molecular flexibility index (Phi) is 3.55. The Hall–Kier alpha value is -2.07. The molecule has 0 aliphatic carbocycles. The molecule has 0 radical (unpaired) electrons. The van der Waals surface area contributed by atoms with Crippen LogP contribution in [0.2, 0.25) is 0 Å². The van der Waals surface area contributed by atoms with Gasteiger partial charge < -0.3 is 5.32 Å². The van der Waals surface area contributed by atoms with Crippen molar-refractivity contribution in [1.82, 2.24) is 20.2 Å². The SMILES string of the molecule is FC(F)(F)c1nnc(Nc2cccc(-c3nccs3)n2)s1. The molecule has 0 amide bonds. The minimum absolute atomic E-state index is 0.0334. The minimum atomic E-state index is -4.49. The average molecular weight is 329 g/mol. The van der Waals surface area contributed by atoms with E-state index < -0.39 is 11.2 Å². The summed E-state index contributed by atoms with van der Waals surface area (Å²) in [7, 11) is 0. The zero-order chi connectivity index (χ0) is 14.9. The van der Waals surface area contributed by atoms with Crippen LogP contribution in [0.4, 0.5) is 24.1 Å². The number of nitrogens with zero attached hydrogens (tertiary/aromatic N) is 4. The highest BCUT2D eigenvalue weighted by Crippen LogP contribution is 2.33. The second-order valence-electron chi connectivity index (χ2n) is 3.78. The van der Waals surface area contributed by atoms with E-state index >= 15 is 0 Å². The first-order chi connectivity index (χ1) is 10.0. The third kappa shape index (κ3) is 3.16. The van der Waals surface area contributed by atoms with Crippen molar-refractivity contribution in [3.63, 3.8) is 0 Å². The van der Waals surface area contributed by atoms with Crippen LogP contribution in [-0.4, -0.2) is 20.2 Å². The van der Waals surface area contributed by atoms with Crippen molar-refractivity contribution in [2.45, 2.75) is 6.18 Å². The summed E-state index contributed by atoms with van der Waals surface area (Å²) in [5, 5.41) is 10.8. The lowest BCUT2D eigenvalue weighted by Crippen LogP contribution is -2.03. The molecule has 0 saturated heterocycles. The van der Waals surface area contributed by atoms with Crippen LogP contribution in [0.15, 0.2) is 29.8 Å². The molecule has 0 unspecified atom stereocenters. The van der Waals surface area contributed by atoms with E-state index in [2.05, 4.69) is 25.5 Å². The highest BCUT2D eigenvalue weighted by molar-refractivity contribution is 7.15. The summed E-state index contributed by atoms with van der Waals surface area (Å²) < 4.78 is 37.3. The third-order valence-corrected chi connectivity index (χ3v) is 3.98. The molecule has 0 aromatic carbocycles. The first-order valence-electron chi connectivity index (χ1n) is 5.57. The van der Waals surface area contributed by atoms with Crippen LogP contribution in [0.1, 0.15) is 5.01 Å². The smallest absolute Gasteiger partial charge is 0.315 e. The van der Waals surface area contributed by atoms with Crippen molar-refractivity contribution in [2.24, 2.45) is 0 Å². The first kappa shape index (κ1) is 13.9. The normalized spacial score (nSPS) is 11.6. The van der Waals surface area contributed by atoms with Crippen LogP contribution in [-0.2, 0) is 6.18 Å². The van der Waals surface area contributed by atoms with Gasteiger partial charge in [0.25, 0.3) is 0 Å². The van der Waals surface area contributed by atoms with E-state index in [0.29, 0.717) is 22.8 Å². The lowest BCUT2D eigenvalue weighted by atomic mass is 10.3. The van der Waals surface area contributed by atoms with Gasteiger partial charge in [0.05, 0.1) is 0 Å². The van der Waals surface area contributed by atoms with Crippen molar-refractivity contribution >= 4 is 33.6 Å². The van der Waals surface area contributed by atoms with Crippen molar-refractivity contribution in [3.8, 4) is 10.7 Å². The summed E-state index contributed by atoms with van der Waals surface area (Å²) in [6, 6.07) is 5.13. The Balaban J connectivity index is 1.82. The van der Waals surface area contributed by atoms with Crippen molar-refractivity contribution in [2.75, 3.05) is 5.32 Å². The number of pyridine rings is 1. The largest absolute Gasteiger partial charge is 0.445 e. The first-order valence-corrected chi connectivity index (χ1v) is 7.26. The lowest BCUT2D eigenvalue weighted by Gasteiger charge is -2.02. The van der Waals surface area contributed by atoms with Gasteiger partial charge in [0, 0.05) is 11.6 Å². The van der Waals surface area contributed by atoms with Gasteiger partial charge in [-0.2, -0.15) is 13.2 Å². The number of alkyl halides is 3. The van der Waals surface area contributed by atoms with Gasteiger partial charge in [-0.3, -0.25) is 0 Å². The minimum Gasteiger partial charge on any atom is -0.315 e. The number of nitrogens with one attached hydrogen (secondary N) is 1. The molecule has 10 heteroatoms. The van der Waals surface area contributed by atoms with Gasteiger partial charge in [-0.25, -0.2) is 9.97 Å². The molecule has 5 nitrogen and oxygen atoms in total. The van der Waals surface area contributed by atoms with Crippen LogP contribution in [0, 0.1) is 0 Å². The summed E-state index contributed by atoms with van der Waals surface area (Å²) in [5.41, 5.74) is 0.635. The number of rotatable bonds is 3. The van der Waals surface area contributed by atoms with Gasteiger partial charge in [-0.15, -0.1) is 21.5 Å². The quantitative estimate of drug-likeness (QED) is 0.791. The fourth-order valence-electron chi connectivity index (χ4n) is 1.47. The van der Waals surface area contributed by atoms with E-state index in [1.807, 2.05) is 5.38 Å². The Labute approximate surface area is 124 Å². The standard InChI is InChI=1S/C11H6F3N5S2/c12-11(13,14)9-18-19-10(21-9)17-7-3-1-2-6(16-7)8-15-4-5-20-8/h1-5H,(H,16,17,19). The highest BCUT2D eigenvalue weighted by atomic mass is 32.1. The van der Waals surface area contributed by atoms with Gasteiger partial charge in [0.2, 0.25) is 10.1 Å². The van der Waals surface area contributed by atoms with Crippen LogP contribution in [0.5, 0.6) is 0 Å². The molecule has 0 bridgehead atoms. The molecule has 3 heterocycles. The summed E-state index contributed by atoms with van der Waals surface area (Å²) in [4.78, 5) is 8.40. The number of hydrogen-bond acceptors (Lipinski definition) is 7. The maximum Gasteiger partial charge on any atom is 0.445 e. The third-order valence-electron chi connectivity index (χ3n) is 2.30. The molecule has 0 aliphatic rings. The Morgan fingerprint density at radius 3 is 2.67 bits per heavy atom. The van der Waals surface area contributed by atoms with Gasteiger partial charge in [0.1, 0.15) is 16.5 Å². The highest BCUT2D eigenvalue weighted by Gasteiger charge is 2.35. The molecule has 0 atom stereocenters. The molecule has 21 heavy (non-hydrogen) atoms. The maximum absolute atomic E-state index is 12.4. The average Bonchev–Trinajstić information content (AvgIpc) is 3.09. The fourth-order valence-corrected chi connectivity index (χ4v) is 2.70. The second-order valence-corrected chi connectivity index (χ2v) is 5.65. The zero-order valence-corrected chi connectivity index (χ0v) is 11.8. The van der Waals surface area contributed by atoms with E-state index in [9.17, 15) is 13.2 Å². The van der Waals surface area contributed by atoms with Crippen molar-refractivity contribution in [3.05, 3.63) is 34.8 Å². The predicted molar refractivity (Wildman–Crippen MR) is 73.5 cm³/mol. The van der Waals surface area contributed by atoms with Crippen LogP contribution in [0.3, 0.4) is 0 Å². The fraction of sp³-hybridized carbons (Fsp3) is 0.0909. The van der Waals surface area contributed by atoms with Crippen molar-refractivity contribution < 1.29 is 13.2 Å². The molecule has 3 aromatic rings. The van der Waals surface area contributed by atoms with Gasteiger partial charge in [-0.1, -0.05) is 17.4 Å². The lowest BCUT2D eigenvalue weighted by molar-refractivity contribution is -0.138.